The summed E-state index contributed by atoms with van der Waals surface area (Å²) >= 11 is 1.50. The van der Waals surface area contributed by atoms with E-state index in [9.17, 15) is 18.3 Å². The van der Waals surface area contributed by atoms with Crippen molar-refractivity contribution in [3.63, 3.8) is 0 Å². The summed E-state index contributed by atoms with van der Waals surface area (Å²) in [5.41, 5.74) is -2.51. The number of thiophene rings is 1. The highest BCUT2D eigenvalue weighted by Crippen LogP contribution is 2.47. The Hall–Kier alpha value is -3.10. The lowest BCUT2D eigenvalue weighted by Gasteiger charge is -2.31. The van der Waals surface area contributed by atoms with E-state index >= 15 is 0 Å². The van der Waals surface area contributed by atoms with E-state index in [1.165, 1.54) is 35.7 Å². The van der Waals surface area contributed by atoms with Crippen molar-refractivity contribution in [3.05, 3.63) is 82.4 Å². The van der Waals surface area contributed by atoms with Crippen molar-refractivity contribution in [2.24, 2.45) is 7.05 Å². The normalized spacial score (nSPS) is 13.9. The molecule has 2 aromatic carbocycles. The zero-order chi connectivity index (χ0) is 22.4. The largest absolute Gasteiger partial charge is 0.425 e. The van der Waals surface area contributed by atoms with Crippen molar-refractivity contribution in [1.29, 1.82) is 5.41 Å². The lowest BCUT2D eigenvalue weighted by molar-refractivity contribution is -0.247. The molecule has 2 aromatic heterocycles. The van der Waals surface area contributed by atoms with E-state index in [0.29, 0.717) is 16.6 Å². The van der Waals surface area contributed by atoms with Crippen LogP contribution in [0.5, 0.6) is 0 Å². The smallest absolute Gasteiger partial charge is 0.372 e. The molecule has 160 valence electrons. The maximum Gasteiger partial charge on any atom is 0.425 e. The zero-order valence-corrected chi connectivity index (χ0v) is 17.6. The second-order valence-electron chi connectivity index (χ2n) is 7.36. The summed E-state index contributed by atoms with van der Waals surface area (Å²) in [6.07, 6.45) is -2.69. The molecule has 0 aliphatic carbocycles. The van der Waals surface area contributed by atoms with Crippen molar-refractivity contribution in [1.82, 2.24) is 4.57 Å². The number of alkyl halides is 3. The molecule has 0 radical (unpaired) electrons. The van der Waals surface area contributed by atoms with E-state index < -0.39 is 11.8 Å². The molecule has 0 amide bonds. The van der Waals surface area contributed by atoms with Gasteiger partial charge in [0.05, 0.1) is 5.00 Å². The van der Waals surface area contributed by atoms with Crippen LogP contribution < -0.4 is 5.32 Å². The molecule has 0 saturated heterocycles. The Bertz CT molecular complexity index is 1270. The van der Waals surface area contributed by atoms with Crippen molar-refractivity contribution in [3.8, 4) is 0 Å². The lowest BCUT2D eigenvalue weighted by Crippen LogP contribution is -2.43. The summed E-state index contributed by atoms with van der Waals surface area (Å²) in [5, 5.41) is 23.2. The molecule has 4 nitrogen and oxygen atoms in total. The second kappa shape index (κ2) is 7.55. The molecule has 31 heavy (non-hydrogen) atoms. The number of aromatic nitrogens is 1. The van der Waals surface area contributed by atoms with Crippen LogP contribution in [0.2, 0.25) is 0 Å². The molecule has 4 rings (SSSR count). The highest BCUT2D eigenvalue weighted by molar-refractivity contribution is 7.16. The third-order valence-corrected chi connectivity index (χ3v) is 6.24. The molecule has 8 heteroatoms. The topological polar surface area (TPSA) is 61.0 Å². The number of hydrogen-bond acceptors (Lipinski definition) is 4. The molecule has 0 bridgehead atoms. The lowest BCUT2D eigenvalue weighted by atomic mass is 9.84. The Balaban J connectivity index is 1.88. The number of hydrogen-bond donors (Lipinski definition) is 3. The van der Waals surface area contributed by atoms with Gasteiger partial charge in [-0.3, -0.25) is 0 Å². The van der Waals surface area contributed by atoms with Crippen LogP contribution in [-0.4, -0.2) is 22.1 Å². The van der Waals surface area contributed by atoms with Crippen LogP contribution in [0.4, 0.5) is 23.9 Å². The summed E-state index contributed by atoms with van der Waals surface area (Å²) in [6.45, 7) is 1.95. The fraction of sp³-hybridized carbons (Fsp3) is 0.174. The van der Waals surface area contributed by atoms with Gasteiger partial charge >= 0.3 is 6.18 Å². The maximum absolute atomic E-state index is 14.4. The molecule has 0 saturated carbocycles. The first kappa shape index (κ1) is 21.1. The third kappa shape index (κ3) is 3.51. The number of para-hydroxylation sites is 1. The number of fused-ring (bicyclic) bond motifs is 1. The molecule has 0 aliphatic rings. The Morgan fingerprint density at radius 2 is 1.84 bits per heavy atom. The maximum atomic E-state index is 14.4. The average molecular weight is 443 g/mol. The summed E-state index contributed by atoms with van der Waals surface area (Å²) in [7, 11) is 1.64. The molecular weight excluding hydrogens is 423 g/mol. The van der Waals surface area contributed by atoms with Gasteiger partial charge in [0, 0.05) is 52.1 Å². The fourth-order valence-electron chi connectivity index (χ4n) is 3.76. The average Bonchev–Trinajstić information content (AvgIpc) is 3.30. The van der Waals surface area contributed by atoms with Gasteiger partial charge in [0.25, 0.3) is 0 Å². The molecule has 1 atom stereocenters. The molecule has 3 N–H and O–H groups in total. The molecular formula is C23H20F3N3OS. The highest BCUT2D eigenvalue weighted by Gasteiger charge is 2.57. The van der Waals surface area contributed by atoms with Gasteiger partial charge in [0.1, 0.15) is 0 Å². The zero-order valence-electron chi connectivity index (χ0n) is 16.8. The van der Waals surface area contributed by atoms with Gasteiger partial charge in [0.2, 0.25) is 5.60 Å². The predicted molar refractivity (Wildman–Crippen MR) is 119 cm³/mol. The SMILES string of the molecule is Cc1ccc(Nc2ccc(C(O)(c3cn(C)c4ccccc34)C(F)(F)F)cc2C=N)s1. The van der Waals surface area contributed by atoms with Gasteiger partial charge in [-0.2, -0.15) is 13.2 Å². The van der Waals surface area contributed by atoms with Gasteiger partial charge in [-0.1, -0.05) is 24.3 Å². The quantitative estimate of drug-likeness (QED) is 0.327. The van der Waals surface area contributed by atoms with Gasteiger partial charge in [0.15, 0.2) is 0 Å². The Labute approximate surface area is 181 Å². The van der Waals surface area contributed by atoms with Crippen LogP contribution in [0, 0.1) is 12.3 Å². The molecule has 0 fully saturated rings. The standard InChI is InChI=1S/C23H20F3N3OS/c1-14-7-10-21(31-14)28-19-9-8-16(11-15(19)12-27)22(30,23(24,25)26)18-13-29(2)20-6-4-3-5-17(18)20/h3-13,27-28,30H,1-2H3. The van der Waals surface area contributed by atoms with Gasteiger partial charge in [-0.05, 0) is 42.8 Å². The first-order valence-corrected chi connectivity index (χ1v) is 10.3. The van der Waals surface area contributed by atoms with Gasteiger partial charge in [-0.25, -0.2) is 0 Å². The predicted octanol–water partition coefficient (Wildman–Crippen LogP) is 6.09. The van der Waals surface area contributed by atoms with Crippen LogP contribution in [0.15, 0.2) is 60.8 Å². The minimum atomic E-state index is -4.98. The second-order valence-corrected chi connectivity index (χ2v) is 8.65. The van der Waals surface area contributed by atoms with Crippen molar-refractivity contribution < 1.29 is 18.3 Å². The van der Waals surface area contributed by atoms with Crippen molar-refractivity contribution >= 4 is 39.1 Å². The minimum absolute atomic E-state index is 0.242. The molecule has 0 aliphatic heterocycles. The van der Waals surface area contributed by atoms with Crippen molar-refractivity contribution in [2.45, 2.75) is 18.7 Å². The van der Waals surface area contributed by atoms with E-state index in [1.54, 1.807) is 35.9 Å². The van der Waals surface area contributed by atoms with Crippen LogP contribution in [0.25, 0.3) is 10.9 Å². The first-order valence-electron chi connectivity index (χ1n) is 9.47. The number of aryl methyl sites for hydroxylation is 2. The van der Waals surface area contributed by atoms with Crippen LogP contribution in [0.1, 0.15) is 21.6 Å². The summed E-state index contributed by atoms with van der Waals surface area (Å²) in [4.78, 5) is 1.08. The minimum Gasteiger partial charge on any atom is -0.372 e. The molecule has 1 unspecified atom stereocenters. The van der Waals surface area contributed by atoms with E-state index in [1.807, 2.05) is 19.1 Å². The molecule has 2 heterocycles. The summed E-state index contributed by atoms with van der Waals surface area (Å²) in [6, 6.07) is 14.4. The number of anilines is 2. The van der Waals surface area contributed by atoms with Crippen LogP contribution >= 0.6 is 11.3 Å². The number of aliphatic hydroxyl groups is 1. The molecule has 4 aromatic rings. The van der Waals surface area contributed by atoms with Gasteiger partial charge in [-0.15, -0.1) is 11.3 Å². The third-order valence-electron chi connectivity index (χ3n) is 5.32. The van der Waals surface area contributed by atoms with E-state index in [4.69, 9.17) is 5.41 Å². The Kier molecular flexibility index (Phi) is 5.15. The Morgan fingerprint density at radius 3 is 2.48 bits per heavy atom. The van der Waals surface area contributed by atoms with Crippen molar-refractivity contribution in [2.75, 3.05) is 5.32 Å². The number of nitrogens with zero attached hydrogens (tertiary/aromatic N) is 1. The number of halogens is 3. The first-order chi connectivity index (χ1) is 14.6. The monoisotopic (exact) mass is 443 g/mol. The van der Waals surface area contributed by atoms with Crippen LogP contribution in [-0.2, 0) is 12.6 Å². The summed E-state index contributed by atoms with van der Waals surface area (Å²) < 4.78 is 44.7. The number of rotatable bonds is 5. The molecule has 0 spiro atoms. The van der Waals surface area contributed by atoms with E-state index in [-0.39, 0.29) is 16.7 Å². The summed E-state index contributed by atoms with van der Waals surface area (Å²) in [5.74, 6) is 0. The number of benzene rings is 2. The van der Waals surface area contributed by atoms with Gasteiger partial charge < -0.3 is 20.4 Å². The Morgan fingerprint density at radius 1 is 1.10 bits per heavy atom. The van der Waals surface area contributed by atoms with E-state index in [0.717, 1.165) is 16.1 Å². The highest BCUT2D eigenvalue weighted by atomic mass is 32.1. The van der Waals surface area contributed by atoms with Crippen LogP contribution in [0.3, 0.4) is 0 Å². The number of nitrogens with one attached hydrogen (secondary N) is 2. The van der Waals surface area contributed by atoms with E-state index in [2.05, 4.69) is 5.32 Å². The fourth-order valence-corrected chi connectivity index (χ4v) is 4.54.